The molecule has 0 aliphatic heterocycles. The van der Waals surface area contributed by atoms with Crippen LogP contribution in [0.15, 0.2) is 48.5 Å². The Bertz CT molecular complexity index is 551. The summed E-state index contributed by atoms with van der Waals surface area (Å²) in [5.41, 5.74) is 2.50. The maximum atomic E-state index is 6.45. The largest absolute Gasteiger partial charge is 0.497 e. The molecule has 2 aromatic rings. The molecule has 0 saturated carbocycles. The second-order valence-corrected chi connectivity index (χ2v) is 5.66. The molecule has 0 spiro atoms. The standard InChI is InChI=1S/C18H21ClO2/c1-20-17-10-7-14(8-11-17)6-9-16(19)12-15-4-3-5-18(13-15)21-2/h3-5,7-8,10-11,13,16H,6,9,12H2,1-2H3. The molecule has 0 bridgehead atoms. The van der Waals surface area contributed by atoms with Gasteiger partial charge in [-0.3, -0.25) is 0 Å². The third-order valence-corrected chi connectivity index (χ3v) is 3.87. The van der Waals surface area contributed by atoms with Gasteiger partial charge in [-0.05, 0) is 54.7 Å². The molecule has 0 aromatic heterocycles. The van der Waals surface area contributed by atoms with E-state index in [-0.39, 0.29) is 5.38 Å². The molecule has 2 nitrogen and oxygen atoms in total. The Balaban J connectivity index is 1.84. The van der Waals surface area contributed by atoms with Gasteiger partial charge in [0.2, 0.25) is 0 Å². The van der Waals surface area contributed by atoms with Gasteiger partial charge < -0.3 is 9.47 Å². The van der Waals surface area contributed by atoms with Gasteiger partial charge in [-0.15, -0.1) is 11.6 Å². The van der Waals surface area contributed by atoms with E-state index in [0.29, 0.717) is 0 Å². The molecular formula is C18H21ClO2. The highest BCUT2D eigenvalue weighted by Gasteiger charge is 2.07. The van der Waals surface area contributed by atoms with Gasteiger partial charge in [-0.1, -0.05) is 24.3 Å². The van der Waals surface area contributed by atoms with Crippen molar-refractivity contribution in [1.29, 1.82) is 0 Å². The zero-order valence-electron chi connectivity index (χ0n) is 12.5. The van der Waals surface area contributed by atoms with Crippen LogP contribution in [0, 0.1) is 0 Å². The third kappa shape index (κ3) is 4.98. The Hall–Kier alpha value is -1.67. The summed E-state index contributed by atoms with van der Waals surface area (Å²) in [6.07, 6.45) is 2.78. The zero-order valence-corrected chi connectivity index (χ0v) is 13.3. The summed E-state index contributed by atoms with van der Waals surface area (Å²) >= 11 is 6.45. The maximum Gasteiger partial charge on any atom is 0.119 e. The molecule has 2 rings (SSSR count). The van der Waals surface area contributed by atoms with Gasteiger partial charge in [0.1, 0.15) is 11.5 Å². The Morgan fingerprint density at radius 1 is 0.905 bits per heavy atom. The average molecular weight is 305 g/mol. The van der Waals surface area contributed by atoms with Gasteiger partial charge in [0, 0.05) is 5.38 Å². The van der Waals surface area contributed by atoms with Crippen LogP contribution in [-0.2, 0) is 12.8 Å². The lowest BCUT2D eigenvalue weighted by molar-refractivity contribution is 0.414. The van der Waals surface area contributed by atoms with E-state index in [9.17, 15) is 0 Å². The smallest absolute Gasteiger partial charge is 0.119 e. The van der Waals surface area contributed by atoms with Crippen LogP contribution in [0.3, 0.4) is 0 Å². The van der Waals surface area contributed by atoms with Crippen molar-refractivity contribution in [3.8, 4) is 11.5 Å². The third-order valence-electron chi connectivity index (χ3n) is 3.50. The molecule has 21 heavy (non-hydrogen) atoms. The second kappa shape index (κ2) is 7.94. The monoisotopic (exact) mass is 304 g/mol. The van der Waals surface area contributed by atoms with Crippen LogP contribution in [0.25, 0.3) is 0 Å². The number of hydrogen-bond acceptors (Lipinski definition) is 2. The highest BCUT2D eigenvalue weighted by molar-refractivity contribution is 6.20. The molecule has 2 aromatic carbocycles. The summed E-state index contributed by atoms with van der Waals surface area (Å²) in [7, 11) is 3.36. The number of methoxy groups -OCH3 is 2. The van der Waals surface area contributed by atoms with Crippen molar-refractivity contribution in [3.63, 3.8) is 0 Å². The zero-order chi connectivity index (χ0) is 15.1. The Morgan fingerprint density at radius 3 is 2.29 bits per heavy atom. The minimum absolute atomic E-state index is 0.124. The highest BCUT2D eigenvalue weighted by atomic mass is 35.5. The van der Waals surface area contributed by atoms with E-state index in [2.05, 4.69) is 18.2 Å². The van der Waals surface area contributed by atoms with E-state index in [4.69, 9.17) is 21.1 Å². The van der Waals surface area contributed by atoms with Gasteiger partial charge in [0.15, 0.2) is 0 Å². The molecule has 0 fully saturated rings. The fourth-order valence-electron chi connectivity index (χ4n) is 2.27. The van der Waals surface area contributed by atoms with Crippen molar-refractivity contribution in [2.75, 3.05) is 14.2 Å². The van der Waals surface area contributed by atoms with E-state index >= 15 is 0 Å². The van der Waals surface area contributed by atoms with Crippen LogP contribution in [-0.4, -0.2) is 19.6 Å². The van der Waals surface area contributed by atoms with Crippen molar-refractivity contribution in [1.82, 2.24) is 0 Å². The first-order chi connectivity index (χ1) is 10.2. The summed E-state index contributed by atoms with van der Waals surface area (Å²) < 4.78 is 10.4. The average Bonchev–Trinajstić information content (AvgIpc) is 2.53. The molecule has 0 saturated heterocycles. The minimum atomic E-state index is 0.124. The predicted molar refractivity (Wildman–Crippen MR) is 87.7 cm³/mol. The normalized spacial score (nSPS) is 12.0. The number of hydrogen-bond donors (Lipinski definition) is 0. The van der Waals surface area contributed by atoms with Crippen LogP contribution in [0.5, 0.6) is 11.5 Å². The van der Waals surface area contributed by atoms with E-state index in [1.807, 2.05) is 30.3 Å². The fourth-order valence-corrected chi connectivity index (χ4v) is 2.56. The lowest BCUT2D eigenvalue weighted by Crippen LogP contribution is -2.05. The molecule has 0 amide bonds. The lowest BCUT2D eigenvalue weighted by Gasteiger charge is -2.11. The van der Waals surface area contributed by atoms with Crippen molar-refractivity contribution in [2.45, 2.75) is 24.6 Å². The first kappa shape index (κ1) is 15.7. The summed E-state index contributed by atoms with van der Waals surface area (Å²) in [6, 6.07) is 16.2. The van der Waals surface area contributed by atoms with Gasteiger partial charge in [-0.2, -0.15) is 0 Å². The summed E-state index contributed by atoms with van der Waals surface area (Å²) in [5.74, 6) is 1.77. The number of rotatable bonds is 7. The Kier molecular flexibility index (Phi) is 5.94. The molecule has 0 radical (unpaired) electrons. The van der Waals surface area contributed by atoms with E-state index in [0.717, 1.165) is 30.8 Å². The number of aryl methyl sites for hydroxylation is 1. The lowest BCUT2D eigenvalue weighted by atomic mass is 10.0. The van der Waals surface area contributed by atoms with Crippen LogP contribution in [0.4, 0.5) is 0 Å². The predicted octanol–water partition coefficient (Wildman–Crippen LogP) is 4.49. The molecular weight excluding hydrogens is 284 g/mol. The quantitative estimate of drug-likeness (QED) is 0.702. The highest BCUT2D eigenvalue weighted by Crippen LogP contribution is 2.19. The molecule has 0 aliphatic carbocycles. The molecule has 0 heterocycles. The van der Waals surface area contributed by atoms with Gasteiger partial charge in [0.05, 0.1) is 14.2 Å². The summed E-state index contributed by atoms with van der Waals surface area (Å²) in [4.78, 5) is 0. The molecule has 0 aliphatic rings. The van der Waals surface area contributed by atoms with E-state index < -0.39 is 0 Å². The number of ether oxygens (including phenoxy) is 2. The molecule has 1 unspecified atom stereocenters. The van der Waals surface area contributed by atoms with Crippen molar-refractivity contribution in [2.24, 2.45) is 0 Å². The fraction of sp³-hybridized carbons (Fsp3) is 0.333. The first-order valence-electron chi connectivity index (χ1n) is 7.11. The van der Waals surface area contributed by atoms with E-state index in [1.54, 1.807) is 14.2 Å². The topological polar surface area (TPSA) is 18.5 Å². The summed E-state index contributed by atoms with van der Waals surface area (Å²) in [5, 5.41) is 0.124. The second-order valence-electron chi connectivity index (χ2n) is 5.04. The number of alkyl halides is 1. The molecule has 3 heteroatoms. The van der Waals surface area contributed by atoms with E-state index in [1.165, 1.54) is 11.1 Å². The summed E-state index contributed by atoms with van der Waals surface area (Å²) in [6.45, 7) is 0. The minimum Gasteiger partial charge on any atom is -0.497 e. The first-order valence-corrected chi connectivity index (χ1v) is 7.55. The van der Waals surface area contributed by atoms with Crippen LogP contribution in [0.2, 0.25) is 0 Å². The Labute approximate surface area is 131 Å². The maximum absolute atomic E-state index is 6.45. The van der Waals surface area contributed by atoms with Crippen molar-refractivity contribution >= 4 is 11.6 Å². The van der Waals surface area contributed by atoms with Crippen LogP contribution >= 0.6 is 11.6 Å². The number of benzene rings is 2. The molecule has 1 atom stereocenters. The van der Waals surface area contributed by atoms with Crippen molar-refractivity contribution < 1.29 is 9.47 Å². The van der Waals surface area contributed by atoms with Crippen LogP contribution < -0.4 is 9.47 Å². The SMILES string of the molecule is COc1ccc(CCC(Cl)Cc2cccc(OC)c2)cc1. The molecule has 0 N–H and O–H groups in total. The van der Waals surface area contributed by atoms with Crippen LogP contribution in [0.1, 0.15) is 17.5 Å². The Morgan fingerprint density at radius 2 is 1.62 bits per heavy atom. The van der Waals surface area contributed by atoms with Gasteiger partial charge in [-0.25, -0.2) is 0 Å². The molecule has 112 valence electrons. The van der Waals surface area contributed by atoms with Crippen molar-refractivity contribution in [3.05, 3.63) is 59.7 Å². The number of halogens is 1. The van der Waals surface area contributed by atoms with Gasteiger partial charge in [0.25, 0.3) is 0 Å². The van der Waals surface area contributed by atoms with Gasteiger partial charge >= 0.3 is 0 Å².